The standard InChI is InChI=1S/C9H15N/c1-6-7-2-3-8(4-7)9(6)5-10/h2-3,6-9H,4-5,10H2,1H3. The van der Waals surface area contributed by atoms with Gasteiger partial charge >= 0.3 is 0 Å². The Labute approximate surface area is 62.3 Å². The van der Waals surface area contributed by atoms with E-state index in [0.29, 0.717) is 0 Å². The fourth-order valence-electron chi connectivity index (χ4n) is 2.56. The lowest BCUT2D eigenvalue weighted by atomic mass is 9.85. The van der Waals surface area contributed by atoms with Crippen LogP contribution in [0, 0.1) is 23.7 Å². The van der Waals surface area contributed by atoms with Crippen molar-refractivity contribution in [1.82, 2.24) is 0 Å². The van der Waals surface area contributed by atoms with Crippen LogP contribution in [-0.2, 0) is 0 Å². The summed E-state index contributed by atoms with van der Waals surface area (Å²) < 4.78 is 0. The lowest BCUT2D eigenvalue weighted by molar-refractivity contribution is 0.344. The summed E-state index contributed by atoms with van der Waals surface area (Å²) in [5.74, 6) is 3.32. The molecule has 2 rings (SSSR count). The third kappa shape index (κ3) is 0.671. The van der Waals surface area contributed by atoms with E-state index in [1.165, 1.54) is 6.42 Å². The summed E-state index contributed by atoms with van der Waals surface area (Å²) >= 11 is 0. The number of hydrogen-bond donors (Lipinski definition) is 1. The smallest absolute Gasteiger partial charge is 0.00405 e. The van der Waals surface area contributed by atoms with E-state index in [-0.39, 0.29) is 0 Å². The highest BCUT2D eigenvalue weighted by molar-refractivity contribution is 5.12. The molecule has 2 N–H and O–H groups in total. The van der Waals surface area contributed by atoms with Gasteiger partial charge in [0.1, 0.15) is 0 Å². The van der Waals surface area contributed by atoms with E-state index < -0.39 is 0 Å². The summed E-state index contributed by atoms with van der Waals surface area (Å²) in [5, 5.41) is 0. The highest BCUT2D eigenvalue weighted by Gasteiger charge is 2.40. The topological polar surface area (TPSA) is 26.0 Å². The minimum absolute atomic E-state index is 0.787. The molecule has 0 aliphatic heterocycles. The Bertz CT molecular complexity index is 162. The maximum atomic E-state index is 5.68. The Morgan fingerprint density at radius 3 is 2.50 bits per heavy atom. The quantitative estimate of drug-likeness (QED) is 0.543. The minimum Gasteiger partial charge on any atom is -0.330 e. The van der Waals surface area contributed by atoms with Crippen LogP contribution in [0.5, 0.6) is 0 Å². The van der Waals surface area contributed by atoms with Crippen LogP contribution >= 0.6 is 0 Å². The van der Waals surface area contributed by atoms with Crippen LogP contribution in [0.2, 0.25) is 0 Å². The zero-order valence-electron chi connectivity index (χ0n) is 6.46. The Morgan fingerprint density at radius 2 is 2.10 bits per heavy atom. The van der Waals surface area contributed by atoms with Crippen LogP contribution in [-0.4, -0.2) is 6.54 Å². The monoisotopic (exact) mass is 137 g/mol. The molecule has 1 fully saturated rings. The highest BCUT2D eigenvalue weighted by atomic mass is 14.6. The minimum atomic E-state index is 0.787. The predicted octanol–water partition coefficient (Wildman–Crippen LogP) is 1.40. The fraction of sp³-hybridized carbons (Fsp3) is 0.778. The van der Waals surface area contributed by atoms with Gasteiger partial charge in [-0.1, -0.05) is 19.1 Å². The van der Waals surface area contributed by atoms with E-state index in [4.69, 9.17) is 5.73 Å². The molecule has 1 heteroatoms. The summed E-state index contributed by atoms with van der Waals surface area (Å²) in [4.78, 5) is 0. The van der Waals surface area contributed by atoms with Crippen LogP contribution in [0.1, 0.15) is 13.3 Å². The van der Waals surface area contributed by atoms with Gasteiger partial charge in [-0.05, 0) is 36.6 Å². The normalized spacial score (nSPS) is 50.6. The molecule has 0 saturated heterocycles. The first-order valence-corrected chi connectivity index (χ1v) is 4.21. The van der Waals surface area contributed by atoms with E-state index >= 15 is 0 Å². The first-order chi connectivity index (χ1) is 4.83. The van der Waals surface area contributed by atoms with Gasteiger partial charge in [0.25, 0.3) is 0 Å². The molecular weight excluding hydrogens is 122 g/mol. The molecule has 56 valence electrons. The molecule has 2 aliphatic rings. The average Bonchev–Trinajstić information content (AvgIpc) is 2.46. The van der Waals surface area contributed by atoms with Crippen LogP contribution in [0.15, 0.2) is 12.2 Å². The van der Waals surface area contributed by atoms with E-state index in [9.17, 15) is 0 Å². The summed E-state index contributed by atoms with van der Waals surface area (Å²) in [5.41, 5.74) is 5.68. The van der Waals surface area contributed by atoms with Crippen LogP contribution in [0.3, 0.4) is 0 Å². The second kappa shape index (κ2) is 2.09. The summed E-state index contributed by atoms with van der Waals surface area (Å²) in [6.07, 6.45) is 6.12. The number of nitrogens with two attached hydrogens (primary N) is 1. The molecule has 0 aromatic heterocycles. The molecule has 0 radical (unpaired) electrons. The van der Waals surface area contributed by atoms with Crippen LogP contribution < -0.4 is 5.73 Å². The summed E-state index contributed by atoms with van der Waals surface area (Å²) in [7, 11) is 0. The van der Waals surface area contributed by atoms with Gasteiger partial charge in [0.2, 0.25) is 0 Å². The third-order valence-electron chi connectivity index (χ3n) is 3.32. The molecule has 4 atom stereocenters. The van der Waals surface area contributed by atoms with Crippen molar-refractivity contribution < 1.29 is 0 Å². The Balaban J connectivity index is 2.18. The first kappa shape index (κ1) is 6.41. The van der Waals surface area contributed by atoms with Crippen molar-refractivity contribution in [2.24, 2.45) is 29.4 Å². The van der Waals surface area contributed by atoms with E-state index in [2.05, 4.69) is 19.1 Å². The number of rotatable bonds is 1. The van der Waals surface area contributed by atoms with Crippen molar-refractivity contribution in [3.05, 3.63) is 12.2 Å². The zero-order valence-corrected chi connectivity index (χ0v) is 6.46. The second-order valence-corrected chi connectivity index (χ2v) is 3.71. The van der Waals surface area contributed by atoms with E-state index in [1.807, 2.05) is 0 Å². The van der Waals surface area contributed by atoms with Gasteiger partial charge in [0, 0.05) is 0 Å². The van der Waals surface area contributed by atoms with Crippen molar-refractivity contribution in [3.8, 4) is 0 Å². The molecule has 1 saturated carbocycles. The molecule has 10 heavy (non-hydrogen) atoms. The molecular formula is C9H15N. The van der Waals surface area contributed by atoms with Crippen molar-refractivity contribution >= 4 is 0 Å². The first-order valence-electron chi connectivity index (χ1n) is 4.21. The second-order valence-electron chi connectivity index (χ2n) is 3.71. The largest absolute Gasteiger partial charge is 0.330 e. The maximum Gasteiger partial charge on any atom is -0.00405 e. The van der Waals surface area contributed by atoms with Gasteiger partial charge in [-0.25, -0.2) is 0 Å². The van der Waals surface area contributed by atoms with Gasteiger partial charge in [0.05, 0.1) is 0 Å². The Morgan fingerprint density at radius 1 is 1.40 bits per heavy atom. The molecule has 0 spiro atoms. The predicted molar refractivity (Wildman–Crippen MR) is 42.4 cm³/mol. The summed E-state index contributed by atoms with van der Waals surface area (Å²) in [6.45, 7) is 3.22. The van der Waals surface area contributed by atoms with Gasteiger partial charge in [-0.2, -0.15) is 0 Å². The number of fused-ring (bicyclic) bond motifs is 2. The summed E-state index contributed by atoms with van der Waals surface area (Å²) in [6, 6.07) is 0. The molecule has 1 nitrogen and oxygen atoms in total. The van der Waals surface area contributed by atoms with E-state index in [0.717, 1.165) is 30.2 Å². The van der Waals surface area contributed by atoms with E-state index in [1.54, 1.807) is 0 Å². The van der Waals surface area contributed by atoms with Gasteiger partial charge < -0.3 is 5.73 Å². The van der Waals surface area contributed by atoms with Crippen molar-refractivity contribution in [1.29, 1.82) is 0 Å². The fourth-order valence-corrected chi connectivity index (χ4v) is 2.56. The molecule has 0 aromatic carbocycles. The van der Waals surface area contributed by atoms with Crippen molar-refractivity contribution in [2.75, 3.05) is 6.54 Å². The SMILES string of the molecule is CC1C2C=CC(C2)C1CN. The lowest BCUT2D eigenvalue weighted by Crippen LogP contribution is -2.24. The van der Waals surface area contributed by atoms with Gasteiger partial charge in [0.15, 0.2) is 0 Å². The zero-order chi connectivity index (χ0) is 7.14. The number of allylic oxidation sites excluding steroid dienone is 2. The lowest BCUT2D eigenvalue weighted by Gasteiger charge is -2.22. The van der Waals surface area contributed by atoms with Gasteiger partial charge in [-0.15, -0.1) is 0 Å². The van der Waals surface area contributed by atoms with Crippen LogP contribution in [0.4, 0.5) is 0 Å². The van der Waals surface area contributed by atoms with Crippen LogP contribution in [0.25, 0.3) is 0 Å². The maximum absolute atomic E-state index is 5.68. The molecule has 0 amide bonds. The van der Waals surface area contributed by atoms with Crippen molar-refractivity contribution in [3.63, 3.8) is 0 Å². The Kier molecular flexibility index (Phi) is 1.34. The molecule has 0 heterocycles. The Hall–Kier alpha value is -0.300. The highest BCUT2D eigenvalue weighted by Crippen LogP contribution is 2.46. The number of hydrogen-bond acceptors (Lipinski definition) is 1. The molecule has 2 bridgehead atoms. The molecule has 2 aliphatic carbocycles. The molecule has 4 unspecified atom stereocenters. The average molecular weight is 137 g/mol. The molecule has 0 aromatic rings. The van der Waals surface area contributed by atoms with Gasteiger partial charge in [-0.3, -0.25) is 0 Å². The van der Waals surface area contributed by atoms with Crippen molar-refractivity contribution in [2.45, 2.75) is 13.3 Å². The third-order valence-corrected chi connectivity index (χ3v) is 3.32.